The molecule has 0 radical (unpaired) electrons. The monoisotopic (exact) mass is 503 g/mol. The van der Waals surface area contributed by atoms with Crippen LogP contribution in [0.15, 0.2) is 83.4 Å². The SMILES string of the molecule is COc1ccc(NC(=O)/C(C#N)=C2\S[C@@H](Cc3ccc(C)c(Cl)c3)C(=O)N2c2ccccc2)cc1. The van der Waals surface area contributed by atoms with E-state index in [4.69, 9.17) is 16.3 Å². The van der Waals surface area contributed by atoms with E-state index in [1.54, 1.807) is 55.6 Å². The van der Waals surface area contributed by atoms with Crippen LogP contribution in [0.2, 0.25) is 5.02 Å². The smallest absolute Gasteiger partial charge is 0.269 e. The van der Waals surface area contributed by atoms with Gasteiger partial charge < -0.3 is 10.1 Å². The van der Waals surface area contributed by atoms with Crippen molar-refractivity contribution in [3.05, 3.63) is 99.5 Å². The van der Waals surface area contributed by atoms with Gasteiger partial charge in [0.2, 0.25) is 5.91 Å². The quantitative estimate of drug-likeness (QED) is 0.343. The second-order valence-electron chi connectivity index (χ2n) is 7.88. The Labute approximate surface area is 213 Å². The molecular weight excluding hydrogens is 482 g/mol. The highest BCUT2D eigenvalue weighted by atomic mass is 35.5. The van der Waals surface area contributed by atoms with E-state index in [1.807, 2.05) is 37.3 Å². The summed E-state index contributed by atoms with van der Waals surface area (Å²) < 4.78 is 5.14. The van der Waals surface area contributed by atoms with Crippen molar-refractivity contribution in [1.82, 2.24) is 0 Å². The van der Waals surface area contributed by atoms with Gasteiger partial charge in [-0.1, -0.05) is 53.7 Å². The van der Waals surface area contributed by atoms with Crippen LogP contribution in [0.4, 0.5) is 11.4 Å². The van der Waals surface area contributed by atoms with Crippen molar-refractivity contribution in [1.29, 1.82) is 5.26 Å². The molecule has 1 atom stereocenters. The lowest BCUT2D eigenvalue weighted by Crippen LogP contribution is -2.30. The van der Waals surface area contributed by atoms with Gasteiger partial charge in [0.15, 0.2) is 0 Å². The zero-order valence-corrected chi connectivity index (χ0v) is 20.7. The van der Waals surface area contributed by atoms with Crippen molar-refractivity contribution in [2.45, 2.75) is 18.6 Å². The summed E-state index contributed by atoms with van der Waals surface area (Å²) in [5.41, 5.74) is 2.83. The van der Waals surface area contributed by atoms with Crippen molar-refractivity contribution >= 4 is 46.6 Å². The van der Waals surface area contributed by atoms with Crippen LogP contribution in [0.1, 0.15) is 11.1 Å². The van der Waals surface area contributed by atoms with Crippen LogP contribution in [0.3, 0.4) is 0 Å². The maximum Gasteiger partial charge on any atom is 0.269 e. The number of nitrogens with zero attached hydrogens (tertiary/aromatic N) is 2. The van der Waals surface area contributed by atoms with Gasteiger partial charge in [0, 0.05) is 16.4 Å². The Balaban J connectivity index is 1.69. The van der Waals surface area contributed by atoms with E-state index in [0.29, 0.717) is 33.6 Å². The first-order valence-corrected chi connectivity index (χ1v) is 12.1. The lowest BCUT2D eigenvalue weighted by molar-refractivity contribution is -0.117. The van der Waals surface area contributed by atoms with Gasteiger partial charge in [-0.15, -0.1) is 0 Å². The molecule has 1 aliphatic rings. The largest absolute Gasteiger partial charge is 0.497 e. The van der Waals surface area contributed by atoms with Crippen LogP contribution >= 0.6 is 23.4 Å². The standard InChI is InChI=1S/C27H22ClN3O3S/c1-17-8-9-18(14-23(17)28)15-24-26(33)31(20-6-4-3-5-7-20)27(35-24)22(16-29)25(32)30-19-10-12-21(34-2)13-11-19/h3-14,24H,15H2,1-2H3,(H,30,32)/b27-22-/t24-/m0/s1. The van der Waals surface area contributed by atoms with E-state index >= 15 is 0 Å². The average molecular weight is 504 g/mol. The van der Waals surface area contributed by atoms with Crippen molar-refractivity contribution < 1.29 is 14.3 Å². The number of halogens is 1. The number of methoxy groups -OCH3 is 1. The fourth-order valence-electron chi connectivity index (χ4n) is 3.64. The average Bonchev–Trinajstić information content (AvgIpc) is 3.18. The molecule has 0 bridgehead atoms. The number of nitriles is 1. The molecule has 1 aliphatic heterocycles. The van der Waals surface area contributed by atoms with Gasteiger partial charge in [0.25, 0.3) is 5.91 Å². The molecule has 0 spiro atoms. The van der Waals surface area contributed by atoms with E-state index in [2.05, 4.69) is 5.32 Å². The second-order valence-corrected chi connectivity index (χ2v) is 9.48. The molecule has 35 heavy (non-hydrogen) atoms. The highest BCUT2D eigenvalue weighted by Gasteiger charge is 2.40. The van der Waals surface area contributed by atoms with E-state index in [9.17, 15) is 14.9 Å². The molecular formula is C27H22ClN3O3S. The van der Waals surface area contributed by atoms with Crippen LogP contribution in [0.5, 0.6) is 5.75 Å². The van der Waals surface area contributed by atoms with E-state index in [0.717, 1.165) is 11.1 Å². The molecule has 6 nitrogen and oxygen atoms in total. The summed E-state index contributed by atoms with van der Waals surface area (Å²) in [6, 6.07) is 23.5. The Morgan fingerprint density at radius 1 is 1.14 bits per heavy atom. The van der Waals surface area contributed by atoms with Gasteiger partial charge in [-0.25, -0.2) is 0 Å². The molecule has 2 amide bonds. The minimum absolute atomic E-state index is 0.132. The summed E-state index contributed by atoms with van der Waals surface area (Å²) in [6.45, 7) is 1.92. The van der Waals surface area contributed by atoms with E-state index < -0.39 is 11.2 Å². The topological polar surface area (TPSA) is 82.4 Å². The zero-order chi connectivity index (χ0) is 24.9. The number of aryl methyl sites for hydroxylation is 1. The third-order valence-electron chi connectivity index (χ3n) is 5.53. The summed E-state index contributed by atoms with van der Waals surface area (Å²) in [5, 5.41) is 13.1. The number of amides is 2. The van der Waals surface area contributed by atoms with Crippen molar-refractivity contribution in [2.24, 2.45) is 0 Å². The summed E-state index contributed by atoms with van der Waals surface area (Å²) in [4.78, 5) is 28.1. The Hall–Kier alpha value is -3.73. The predicted molar refractivity (Wildman–Crippen MR) is 139 cm³/mol. The first kappa shape index (κ1) is 24.4. The lowest BCUT2D eigenvalue weighted by Gasteiger charge is -2.18. The van der Waals surface area contributed by atoms with Crippen LogP contribution < -0.4 is 15.0 Å². The molecule has 0 aromatic heterocycles. The number of benzene rings is 3. The number of thioether (sulfide) groups is 1. The molecule has 1 fully saturated rings. The molecule has 0 aliphatic carbocycles. The first-order chi connectivity index (χ1) is 16.9. The number of anilines is 2. The molecule has 3 aromatic carbocycles. The number of para-hydroxylation sites is 1. The Bertz CT molecular complexity index is 1330. The molecule has 1 heterocycles. The third-order valence-corrected chi connectivity index (χ3v) is 7.20. The maximum absolute atomic E-state index is 13.5. The Morgan fingerprint density at radius 3 is 2.49 bits per heavy atom. The lowest BCUT2D eigenvalue weighted by atomic mass is 10.1. The minimum atomic E-state index is -0.590. The highest BCUT2D eigenvalue weighted by molar-refractivity contribution is 8.05. The van der Waals surface area contributed by atoms with E-state index in [-0.39, 0.29) is 11.5 Å². The number of hydrogen-bond acceptors (Lipinski definition) is 5. The molecule has 3 aromatic rings. The summed E-state index contributed by atoms with van der Waals surface area (Å²) >= 11 is 7.50. The molecule has 1 saturated heterocycles. The summed E-state index contributed by atoms with van der Waals surface area (Å²) in [5.74, 6) is -0.140. The van der Waals surface area contributed by atoms with E-state index in [1.165, 1.54) is 16.7 Å². The maximum atomic E-state index is 13.5. The number of carbonyl (C=O) groups excluding carboxylic acids is 2. The summed E-state index contributed by atoms with van der Waals surface area (Å²) in [7, 11) is 1.55. The van der Waals surface area contributed by atoms with Crippen LogP contribution in [-0.4, -0.2) is 24.2 Å². The number of ether oxygens (including phenoxy) is 1. The number of hydrogen-bond donors (Lipinski definition) is 1. The van der Waals surface area contributed by atoms with Gasteiger partial charge in [0.1, 0.15) is 22.4 Å². The van der Waals surface area contributed by atoms with Gasteiger partial charge in [-0.05, 0) is 66.9 Å². The van der Waals surface area contributed by atoms with Crippen LogP contribution in [0.25, 0.3) is 0 Å². The molecule has 4 rings (SSSR count). The summed E-state index contributed by atoms with van der Waals surface area (Å²) in [6.07, 6.45) is 0.412. The van der Waals surface area contributed by atoms with Gasteiger partial charge in [0.05, 0.1) is 12.4 Å². The number of rotatable bonds is 6. The van der Waals surface area contributed by atoms with Gasteiger partial charge >= 0.3 is 0 Å². The van der Waals surface area contributed by atoms with Crippen molar-refractivity contribution in [3.63, 3.8) is 0 Å². The first-order valence-electron chi connectivity index (χ1n) is 10.8. The second kappa shape index (κ2) is 10.7. The zero-order valence-electron chi connectivity index (χ0n) is 19.1. The fraction of sp³-hybridized carbons (Fsp3) is 0.148. The van der Waals surface area contributed by atoms with Crippen molar-refractivity contribution in [3.8, 4) is 11.8 Å². The fourth-order valence-corrected chi connectivity index (χ4v) is 5.16. The molecule has 1 N–H and O–H groups in total. The number of nitrogens with one attached hydrogen (secondary N) is 1. The minimum Gasteiger partial charge on any atom is -0.497 e. The Morgan fingerprint density at radius 2 is 1.86 bits per heavy atom. The number of carbonyl (C=O) groups is 2. The van der Waals surface area contributed by atoms with Crippen molar-refractivity contribution in [2.75, 3.05) is 17.3 Å². The predicted octanol–water partition coefficient (Wildman–Crippen LogP) is 5.72. The van der Waals surface area contributed by atoms with Crippen LogP contribution in [0, 0.1) is 18.3 Å². The molecule has 176 valence electrons. The molecule has 8 heteroatoms. The van der Waals surface area contributed by atoms with Crippen LogP contribution in [-0.2, 0) is 16.0 Å². The Kier molecular flexibility index (Phi) is 7.45. The molecule has 0 saturated carbocycles. The third kappa shape index (κ3) is 5.35. The normalized spacial score (nSPS) is 16.6. The van der Waals surface area contributed by atoms with Gasteiger partial charge in [-0.3, -0.25) is 14.5 Å². The highest BCUT2D eigenvalue weighted by Crippen LogP contribution is 2.42. The molecule has 0 unspecified atom stereocenters. The van der Waals surface area contributed by atoms with Gasteiger partial charge in [-0.2, -0.15) is 5.26 Å².